The van der Waals surface area contributed by atoms with Crippen LogP contribution in [0.1, 0.15) is 36.2 Å². The minimum Gasteiger partial charge on any atom is -0.366 e. The van der Waals surface area contributed by atoms with Gasteiger partial charge in [-0.25, -0.2) is 0 Å². The molecule has 4 nitrogen and oxygen atoms in total. The van der Waals surface area contributed by atoms with Crippen molar-refractivity contribution in [2.24, 2.45) is 5.73 Å². The van der Waals surface area contributed by atoms with Crippen molar-refractivity contribution in [1.29, 1.82) is 0 Å². The van der Waals surface area contributed by atoms with E-state index in [1.807, 2.05) is 32.0 Å². The number of rotatable bonds is 8. The molecule has 1 amide bonds. The smallest absolute Gasteiger partial charge is 0.248 e. The molecule has 0 aliphatic rings. The lowest BCUT2D eigenvalue weighted by Gasteiger charge is -2.17. The summed E-state index contributed by atoms with van der Waals surface area (Å²) in [5.74, 6) is -0.394. The van der Waals surface area contributed by atoms with Gasteiger partial charge in [0.1, 0.15) is 0 Å². The summed E-state index contributed by atoms with van der Waals surface area (Å²) in [5.41, 5.74) is 6.85. The lowest BCUT2D eigenvalue weighted by Crippen LogP contribution is -2.19. The summed E-state index contributed by atoms with van der Waals surface area (Å²) in [6, 6.07) is 7.37. The van der Waals surface area contributed by atoms with Gasteiger partial charge in [0.05, 0.1) is 0 Å². The molecule has 0 heterocycles. The monoisotopic (exact) mass is 251 g/mol. The van der Waals surface area contributed by atoms with E-state index in [0.29, 0.717) is 31.6 Å². The second kappa shape index (κ2) is 7.84. The second-order valence-electron chi connectivity index (χ2n) is 3.90. The van der Waals surface area contributed by atoms with Gasteiger partial charge in [-0.1, -0.05) is 18.2 Å². The summed E-state index contributed by atoms with van der Waals surface area (Å²) < 4.78 is 10.9. The standard InChI is InChI=1S/C14H21NO3/c1-3-17-13(18-4-2)10-9-11-7-5-6-8-12(11)14(15)16/h5-8,13H,3-4,9-10H2,1-2H3,(H2,15,16). The van der Waals surface area contributed by atoms with Crippen LogP contribution < -0.4 is 5.73 Å². The molecule has 0 bridgehead atoms. The molecule has 1 aromatic rings. The highest BCUT2D eigenvalue weighted by atomic mass is 16.7. The maximum absolute atomic E-state index is 11.3. The Morgan fingerprint density at radius 3 is 2.39 bits per heavy atom. The van der Waals surface area contributed by atoms with Crippen LogP contribution in [0.25, 0.3) is 0 Å². The van der Waals surface area contributed by atoms with Crippen LogP contribution >= 0.6 is 0 Å². The third-order valence-corrected chi connectivity index (χ3v) is 2.64. The quantitative estimate of drug-likeness (QED) is 0.720. The van der Waals surface area contributed by atoms with Crippen LogP contribution in [0.4, 0.5) is 0 Å². The van der Waals surface area contributed by atoms with E-state index in [4.69, 9.17) is 15.2 Å². The van der Waals surface area contributed by atoms with Gasteiger partial charge in [0.15, 0.2) is 6.29 Å². The first kappa shape index (κ1) is 14.7. The minimum atomic E-state index is -0.394. The summed E-state index contributed by atoms with van der Waals surface area (Å²) >= 11 is 0. The molecule has 4 heteroatoms. The fourth-order valence-corrected chi connectivity index (χ4v) is 1.84. The number of primary amides is 1. The first-order chi connectivity index (χ1) is 8.69. The molecule has 100 valence electrons. The molecule has 0 aliphatic heterocycles. The fourth-order valence-electron chi connectivity index (χ4n) is 1.84. The van der Waals surface area contributed by atoms with Crippen LogP contribution in [0, 0.1) is 0 Å². The molecular weight excluding hydrogens is 230 g/mol. The van der Waals surface area contributed by atoms with Crippen molar-refractivity contribution >= 4 is 5.91 Å². The SMILES string of the molecule is CCOC(CCc1ccccc1C(N)=O)OCC. The van der Waals surface area contributed by atoms with Gasteiger partial charge in [-0.2, -0.15) is 0 Å². The Morgan fingerprint density at radius 2 is 1.83 bits per heavy atom. The molecule has 2 N–H and O–H groups in total. The van der Waals surface area contributed by atoms with Crippen LogP contribution in [0.15, 0.2) is 24.3 Å². The Morgan fingerprint density at radius 1 is 1.22 bits per heavy atom. The molecule has 1 aromatic carbocycles. The van der Waals surface area contributed by atoms with Gasteiger partial charge in [0, 0.05) is 25.2 Å². The van der Waals surface area contributed by atoms with Gasteiger partial charge in [-0.3, -0.25) is 4.79 Å². The molecule has 0 aliphatic carbocycles. The van der Waals surface area contributed by atoms with E-state index in [9.17, 15) is 4.79 Å². The summed E-state index contributed by atoms with van der Waals surface area (Å²) in [5, 5.41) is 0. The predicted octanol–water partition coefficient (Wildman–Crippen LogP) is 2.12. The van der Waals surface area contributed by atoms with Crippen molar-refractivity contribution in [2.75, 3.05) is 13.2 Å². The molecule has 0 saturated carbocycles. The van der Waals surface area contributed by atoms with E-state index in [-0.39, 0.29) is 6.29 Å². The summed E-state index contributed by atoms with van der Waals surface area (Å²) in [7, 11) is 0. The van der Waals surface area contributed by atoms with Crippen LogP contribution in [0.3, 0.4) is 0 Å². The van der Waals surface area contributed by atoms with Gasteiger partial charge < -0.3 is 15.2 Å². The highest BCUT2D eigenvalue weighted by Crippen LogP contribution is 2.13. The maximum atomic E-state index is 11.3. The first-order valence-corrected chi connectivity index (χ1v) is 6.29. The third kappa shape index (κ3) is 4.47. The van der Waals surface area contributed by atoms with Crippen molar-refractivity contribution in [3.05, 3.63) is 35.4 Å². The van der Waals surface area contributed by atoms with Gasteiger partial charge >= 0.3 is 0 Å². The molecule has 0 atom stereocenters. The molecular formula is C14H21NO3. The Balaban J connectivity index is 2.63. The Bertz CT molecular complexity index is 373. The number of carbonyl (C=O) groups excluding carboxylic acids is 1. The van der Waals surface area contributed by atoms with Crippen molar-refractivity contribution in [2.45, 2.75) is 33.0 Å². The highest BCUT2D eigenvalue weighted by molar-refractivity contribution is 5.94. The Labute approximate surface area is 108 Å². The lowest BCUT2D eigenvalue weighted by molar-refractivity contribution is -0.139. The predicted molar refractivity (Wildman–Crippen MR) is 70.3 cm³/mol. The molecule has 0 spiro atoms. The molecule has 0 fully saturated rings. The topological polar surface area (TPSA) is 61.5 Å². The van der Waals surface area contributed by atoms with Crippen LogP contribution in [0.5, 0.6) is 0 Å². The molecule has 18 heavy (non-hydrogen) atoms. The second-order valence-corrected chi connectivity index (χ2v) is 3.90. The fraction of sp³-hybridized carbons (Fsp3) is 0.500. The average molecular weight is 251 g/mol. The number of ether oxygens (including phenoxy) is 2. The van der Waals surface area contributed by atoms with E-state index in [2.05, 4.69) is 0 Å². The highest BCUT2D eigenvalue weighted by Gasteiger charge is 2.11. The molecule has 0 unspecified atom stereocenters. The zero-order valence-corrected chi connectivity index (χ0v) is 11.0. The normalized spacial score (nSPS) is 10.8. The lowest BCUT2D eigenvalue weighted by atomic mass is 10.0. The number of aryl methyl sites for hydroxylation is 1. The Kier molecular flexibility index (Phi) is 6.39. The van der Waals surface area contributed by atoms with Crippen molar-refractivity contribution in [3.8, 4) is 0 Å². The van der Waals surface area contributed by atoms with Crippen LogP contribution in [-0.4, -0.2) is 25.4 Å². The number of carbonyl (C=O) groups is 1. The van der Waals surface area contributed by atoms with Crippen LogP contribution in [0.2, 0.25) is 0 Å². The number of amides is 1. The van der Waals surface area contributed by atoms with E-state index >= 15 is 0 Å². The van der Waals surface area contributed by atoms with Crippen molar-refractivity contribution < 1.29 is 14.3 Å². The van der Waals surface area contributed by atoms with Crippen molar-refractivity contribution in [3.63, 3.8) is 0 Å². The number of hydrogen-bond donors (Lipinski definition) is 1. The number of benzene rings is 1. The zero-order chi connectivity index (χ0) is 13.4. The molecule has 0 saturated heterocycles. The molecule has 1 rings (SSSR count). The van der Waals surface area contributed by atoms with E-state index in [1.54, 1.807) is 6.07 Å². The van der Waals surface area contributed by atoms with E-state index in [1.165, 1.54) is 0 Å². The summed E-state index contributed by atoms with van der Waals surface area (Å²) in [4.78, 5) is 11.3. The average Bonchev–Trinajstić information content (AvgIpc) is 2.36. The summed E-state index contributed by atoms with van der Waals surface area (Å²) in [6.07, 6.45) is 1.20. The van der Waals surface area contributed by atoms with Crippen LogP contribution in [-0.2, 0) is 15.9 Å². The van der Waals surface area contributed by atoms with Crippen molar-refractivity contribution in [1.82, 2.24) is 0 Å². The van der Waals surface area contributed by atoms with Gasteiger partial charge in [-0.15, -0.1) is 0 Å². The van der Waals surface area contributed by atoms with Gasteiger partial charge in [0.2, 0.25) is 5.91 Å². The molecule has 0 aromatic heterocycles. The summed E-state index contributed by atoms with van der Waals surface area (Å²) in [6.45, 7) is 5.09. The largest absolute Gasteiger partial charge is 0.366 e. The first-order valence-electron chi connectivity index (χ1n) is 6.29. The van der Waals surface area contributed by atoms with Gasteiger partial charge in [0.25, 0.3) is 0 Å². The molecule has 0 radical (unpaired) electrons. The number of nitrogens with two attached hydrogens (primary N) is 1. The Hall–Kier alpha value is -1.39. The number of hydrogen-bond acceptors (Lipinski definition) is 3. The van der Waals surface area contributed by atoms with E-state index < -0.39 is 5.91 Å². The minimum absolute atomic E-state index is 0.221. The third-order valence-electron chi connectivity index (χ3n) is 2.64. The van der Waals surface area contributed by atoms with E-state index in [0.717, 1.165) is 5.56 Å². The van der Waals surface area contributed by atoms with Gasteiger partial charge in [-0.05, 0) is 31.9 Å². The zero-order valence-electron chi connectivity index (χ0n) is 11.0. The maximum Gasteiger partial charge on any atom is 0.248 e.